The molecule has 2 aliphatic heterocycles. The first kappa shape index (κ1) is 31.9. The van der Waals surface area contributed by atoms with E-state index in [4.69, 9.17) is 0 Å². The first-order valence-electron chi connectivity index (χ1n) is 19.3. The molecule has 0 amide bonds. The first-order valence-corrected chi connectivity index (χ1v) is 19.3. The van der Waals surface area contributed by atoms with E-state index in [1.165, 1.54) is 166 Å². The molecule has 0 atom stereocenters. The van der Waals surface area contributed by atoms with Crippen LogP contribution in [0.3, 0.4) is 0 Å². The van der Waals surface area contributed by atoms with E-state index in [-0.39, 0.29) is 6.85 Å². The van der Waals surface area contributed by atoms with Crippen molar-refractivity contribution in [2.45, 2.75) is 104 Å². The second-order valence-corrected chi connectivity index (χ2v) is 17.0. The molecule has 3 heteroatoms. The van der Waals surface area contributed by atoms with Crippen LogP contribution in [0.15, 0.2) is 24.3 Å². The van der Waals surface area contributed by atoms with E-state index < -0.39 is 0 Å². The van der Waals surface area contributed by atoms with Crippen LogP contribution in [0, 0.1) is 104 Å². The number of hydrogen-bond acceptors (Lipinski definition) is 0. The van der Waals surface area contributed by atoms with Gasteiger partial charge in [0.15, 0.2) is 0 Å². The van der Waals surface area contributed by atoms with Gasteiger partial charge in [-0.25, -0.2) is 0 Å². The van der Waals surface area contributed by atoms with Crippen molar-refractivity contribution in [3.05, 3.63) is 108 Å². The molecule has 8 aromatic rings. The van der Waals surface area contributed by atoms with Gasteiger partial charge in [0, 0.05) is 43.8 Å². The highest BCUT2D eigenvalue weighted by molar-refractivity contribution is 6.90. The first-order chi connectivity index (χ1) is 24.6. The lowest BCUT2D eigenvalue weighted by atomic mass is 9.45. The summed E-state index contributed by atoms with van der Waals surface area (Å²) in [4.78, 5) is 0. The molecule has 4 heterocycles. The van der Waals surface area contributed by atoms with Crippen molar-refractivity contribution in [1.29, 1.82) is 0 Å². The zero-order valence-electron chi connectivity index (χ0n) is 33.8. The van der Waals surface area contributed by atoms with Crippen molar-refractivity contribution in [2.24, 2.45) is 0 Å². The van der Waals surface area contributed by atoms with Gasteiger partial charge in [-0.3, -0.25) is 0 Å². The van der Waals surface area contributed by atoms with Crippen LogP contribution in [0.1, 0.15) is 83.5 Å². The second-order valence-electron chi connectivity index (χ2n) is 17.0. The average molecular weight is 677 g/mol. The molecule has 258 valence electrons. The summed E-state index contributed by atoms with van der Waals surface area (Å²) in [5, 5.41) is 8.69. The number of aryl methyl sites for hydroxylation is 8. The van der Waals surface area contributed by atoms with Gasteiger partial charge in [-0.2, -0.15) is 0 Å². The number of nitrogens with zero attached hydrogens (tertiary/aromatic N) is 2. The largest absolute Gasteiger partial charge is 0.375 e. The Labute approximate surface area is 308 Å². The summed E-state index contributed by atoms with van der Waals surface area (Å²) in [6.45, 7) is 35.5. The van der Waals surface area contributed by atoms with Crippen molar-refractivity contribution >= 4 is 72.2 Å². The van der Waals surface area contributed by atoms with E-state index in [1.54, 1.807) is 0 Å². The lowest BCUT2D eigenvalue weighted by molar-refractivity contribution is 1.16. The predicted molar refractivity (Wildman–Crippen MR) is 228 cm³/mol. The van der Waals surface area contributed by atoms with E-state index in [2.05, 4.69) is 137 Å². The third-order valence-electron chi connectivity index (χ3n) is 15.0. The normalized spacial score (nSPS) is 13.2. The lowest BCUT2D eigenvalue weighted by Crippen LogP contribution is -2.55. The molecule has 52 heavy (non-hydrogen) atoms. The highest BCUT2D eigenvalue weighted by atomic mass is 15.0. The molecular weight excluding hydrogens is 627 g/mol. The Hall–Kier alpha value is -4.76. The van der Waals surface area contributed by atoms with Gasteiger partial charge in [-0.05, 0) is 221 Å². The standard InChI is InChI=1S/C49H49BN2/c1-20-16-17-36-35(18-20)50-46-44(43-33(14)27(8)32(13)42-41-31(12)25(6)26(7)34(15)47(41)52(50)48(42)43)39-29(10)23(4)24(5)30(11)40(39)45-38-28(9)22(3)21(2)19-37(38)51(36)49(45)46/h16-19H,1-15H3. The monoisotopic (exact) mass is 676 g/mol. The number of rotatable bonds is 0. The van der Waals surface area contributed by atoms with Crippen molar-refractivity contribution in [3.8, 4) is 16.8 Å². The smallest absolute Gasteiger partial charge is 0.333 e. The van der Waals surface area contributed by atoms with Crippen LogP contribution in [-0.2, 0) is 0 Å². The maximum atomic E-state index is 2.84. The molecule has 0 unspecified atom stereocenters. The molecule has 2 aliphatic rings. The van der Waals surface area contributed by atoms with Crippen LogP contribution in [-0.4, -0.2) is 15.9 Å². The van der Waals surface area contributed by atoms with Gasteiger partial charge in [-0.15, -0.1) is 0 Å². The van der Waals surface area contributed by atoms with Gasteiger partial charge in [0.05, 0.1) is 11.0 Å². The van der Waals surface area contributed by atoms with Crippen molar-refractivity contribution in [3.63, 3.8) is 0 Å². The summed E-state index contributed by atoms with van der Waals surface area (Å²) in [5.74, 6) is 0. The van der Waals surface area contributed by atoms with Gasteiger partial charge in [0.1, 0.15) is 0 Å². The molecule has 2 nitrogen and oxygen atoms in total. The number of hydrogen-bond donors (Lipinski definition) is 0. The molecule has 0 bridgehead atoms. The van der Waals surface area contributed by atoms with Crippen LogP contribution in [0.4, 0.5) is 0 Å². The fourth-order valence-electron chi connectivity index (χ4n) is 11.1. The molecule has 0 aliphatic carbocycles. The van der Waals surface area contributed by atoms with Gasteiger partial charge >= 0.3 is 6.85 Å². The molecule has 2 aromatic heterocycles. The molecule has 10 rings (SSSR count). The van der Waals surface area contributed by atoms with Crippen LogP contribution in [0.5, 0.6) is 0 Å². The van der Waals surface area contributed by atoms with Crippen LogP contribution in [0.2, 0.25) is 0 Å². The Bertz CT molecular complexity index is 3100. The Kier molecular flexibility index (Phi) is 6.02. The fraction of sp³-hybridized carbons (Fsp3) is 0.306. The summed E-state index contributed by atoms with van der Waals surface area (Å²) < 4.78 is 5.53. The van der Waals surface area contributed by atoms with Gasteiger partial charge in [-0.1, -0.05) is 17.7 Å². The van der Waals surface area contributed by atoms with E-state index in [9.17, 15) is 0 Å². The number of aromatic nitrogens is 2. The summed E-state index contributed by atoms with van der Waals surface area (Å²) in [5.41, 5.74) is 33.9. The van der Waals surface area contributed by atoms with E-state index in [0.717, 1.165) is 0 Å². The Balaban J connectivity index is 1.67. The van der Waals surface area contributed by atoms with Gasteiger partial charge < -0.3 is 9.05 Å². The quantitative estimate of drug-likeness (QED) is 0.142. The summed E-state index contributed by atoms with van der Waals surface area (Å²) in [6.07, 6.45) is 0. The zero-order valence-corrected chi connectivity index (χ0v) is 33.8. The van der Waals surface area contributed by atoms with Crippen molar-refractivity contribution < 1.29 is 0 Å². The molecule has 6 aromatic carbocycles. The van der Waals surface area contributed by atoms with E-state index in [1.807, 2.05) is 0 Å². The Morgan fingerprint density at radius 3 is 1.60 bits per heavy atom. The maximum absolute atomic E-state index is 2.84. The fourth-order valence-corrected chi connectivity index (χ4v) is 11.1. The summed E-state index contributed by atoms with van der Waals surface area (Å²) >= 11 is 0. The van der Waals surface area contributed by atoms with Crippen molar-refractivity contribution in [2.75, 3.05) is 0 Å². The summed E-state index contributed by atoms with van der Waals surface area (Å²) in [7, 11) is 0. The van der Waals surface area contributed by atoms with Gasteiger partial charge in [0.25, 0.3) is 0 Å². The van der Waals surface area contributed by atoms with Crippen LogP contribution < -0.4 is 10.9 Å². The van der Waals surface area contributed by atoms with Crippen LogP contribution in [0.25, 0.3) is 71.2 Å². The van der Waals surface area contributed by atoms with Crippen LogP contribution >= 0.6 is 0 Å². The molecule has 0 saturated heterocycles. The highest BCUT2D eigenvalue weighted by Gasteiger charge is 2.45. The van der Waals surface area contributed by atoms with E-state index >= 15 is 0 Å². The molecule has 0 N–H and O–H groups in total. The number of benzene rings is 6. The molecule has 0 radical (unpaired) electrons. The second kappa shape index (κ2) is 9.81. The Morgan fingerprint density at radius 2 is 0.942 bits per heavy atom. The highest BCUT2D eigenvalue weighted by Crippen LogP contribution is 2.53. The molecule has 0 spiro atoms. The minimum Gasteiger partial charge on any atom is -0.375 e. The maximum Gasteiger partial charge on any atom is 0.333 e. The average Bonchev–Trinajstić information content (AvgIpc) is 3.65. The third kappa shape index (κ3) is 3.28. The zero-order chi connectivity index (χ0) is 36.9. The van der Waals surface area contributed by atoms with Crippen molar-refractivity contribution in [1.82, 2.24) is 9.05 Å². The molecule has 0 saturated carbocycles. The minimum atomic E-state index is 0.0478. The van der Waals surface area contributed by atoms with E-state index in [0.29, 0.717) is 0 Å². The Morgan fingerprint density at radius 1 is 0.404 bits per heavy atom. The third-order valence-corrected chi connectivity index (χ3v) is 15.0. The molecule has 0 fully saturated rings. The minimum absolute atomic E-state index is 0.0478. The lowest BCUT2D eigenvalue weighted by Gasteiger charge is -2.36. The summed E-state index contributed by atoms with van der Waals surface area (Å²) in [6, 6.07) is 9.76. The molecular formula is C49H49BN2. The SMILES string of the molecule is Cc1ccc2c(c1)B1c3c(c4c(C)c(C)c(C)c(C)c4c4c5c(C)c(C)c(C)cc5n-2c34)-c2c(C)c(C)c(C)c3c4c(C)c(C)c(C)c(C)c4n1c23. The topological polar surface area (TPSA) is 9.86 Å². The predicted octanol–water partition coefficient (Wildman–Crippen LogP) is 11.6. The number of fused-ring (bicyclic) bond motifs is 14. The van der Waals surface area contributed by atoms with Gasteiger partial charge in [0.2, 0.25) is 0 Å².